The number of phenols is 1. The number of rotatable bonds is 4. The number of hydrogen-bond acceptors (Lipinski definition) is 3. The van der Waals surface area contributed by atoms with E-state index in [0.29, 0.717) is 0 Å². The quantitative estimate of drug-likeness (QED) is 0.832. The zero-order valence-electron chi connectivity index (χ0n) is 10.4. The van der Waals surface area contributed by atoms with Gasteiger partial charge in [0, 0.05) is 0 Å². The number of amides is 1. The molecule has 1 aromatic rings. The summed E-state index contributed by atoms with van der Waals surface area (Å²) in [5, 5.41) is 11.8. The van der Waals surface area contributed by atoms with E-state index in [1.807, 2.05) is 0 Å². The Kier molecular flexibility index (Phi) is 4.77. The van der Waals surface area contributed by atoms with Crippen molar-refractivity contribution in [2.75, 3.05) is 11.9 Å². The van der Waals surface area contributed by atoms with Crippen molar-refractivity contribution in [2.24, 2.45) is 0 Å². The SMILES string of the molecule is Cc1ccc(O)c(NC(=O)C(C)OCC(F)(F)F)c1. The molecule has 0 aliphatic rings. The minimum absolute atomic E-state index is 0.132. The third kappa shape index (κ3) is 5.17. The van der Waals surface area contributed by atoms with Crippen molar-refractivity contribution in [3.05, 3.63) is 23.8 Å². The van der Waals surface area contributed by atoms with Gasteiger partial charge in [0.15, 0.2) is 0 Å². The highest BCUT2D eigenvalue weighted by Gasteiger charge is 2.30. The maximum atomic E-state index is 11.9. The fraction of sp³-hybridized carbons (Fsp3) is 0.417. The molecule has 1 unspecified atom stereocenters. The molecule has 1 amide bonds. The van der Waals surface area contributed by atoms with Gasteiger partial charge in [-0.05, 0) is 31.5 Å². The van der Waals surface area contributed by atoms with Gasteiger partial charge in [-0.2, -0.15) is 13.2 Å². The maximum Gasteiger partial charge on any atom is 0.411 e. The summed E-state index contributed by atoms with van der Waals surface area (Å²) in [5.41, 5.74) is 0.921. The summed E-state index contributed by atoms with van der Waals surface area (Å²) in [6.07, 6.45) is -5.76. The van der Waals surface area contributed by atoms with E-state index < -0.39 is 24.8 Å². The molecule has 2 N–H and O–H groups in total. The summed E-state index contributed by atoms with van der Waals surface area (Å²) >= 11 is 0. The highest BCUT2D eigenvalue weighted by molar-refractivity contribution is 5.95. The van der Waals surface area contributed by atoms with Crippen LogP contribution in [-0.4, -0.2) is 29.9 Å². The Hall–Kier alpha value is -1.76. The number of hydrogen-bond donors (Lipinski definition) is 2. The first-order chi connectivity index (χ1) is 8.69. The van der Waals surface area contributed by atoms with Crippen LogP contribution in [-0.2, 0) is 9.53 Å². The second-order valence-electron chi connectivity index (χ2n) is 4.08. The third-order valence-electron chi connectivity index (χ3n) is 2.28. The fourth-order valence-electron chi connectivity index (χ4n) is 1.28. The van der Waals surface area contributed by atoms with Gasteiger partial charge in [0.2, 0.25) is 0 Å². The second kappa shape index (κ2) is 5.92. The second-order valence-corrected chi connectivity index (χ2v) is 4.08. The lowest BCUT2D eigenvalue weighted by molar-refractivity contribution is -0.184. The molecule has 19 heavy (non-hydrogen) atoms. The van der Waals surface area contributed by atoms with Gasteiger partial charge in [0.25, 0.3) is 5.91 Å². The summed E-state index contributed by atoms with van der Waals surface area (Å²) in [5.74, 6) is -0.924. The molecular weight excluding hydrogens is 263 g/mol. The largest absolute Gasteiger partial charge is 0.506 e. The van der Waals surface area contributed by atoms with Gasteiger partial charge in [-0.25, -0.2) is 0 Å². The average molecular weight is 277 g/mol. The topological polar surface area (TPSA) is 58.6 Å². The Labute approximate surface area is 108 Å². The standard InChI is InChI=1S/C12H14F3NO3/c1-7-3-4-10(17)9(5-7)16-11(18)8(2)19-6-12(13,14)15/h3-5,8,17H,6H2,1-2H3,(H,16,18). The van der Waals surface area contributed by atoms with Crippen LogP contribution in [0.1, 0.15) is 12.5 Å². The first-order valence-electron chi connectivity index (χ1n) is 5.48. The van der Waals surface area contributed by atoms with Gasteiger partial charge in [-0.1, -0.05) is 6.07 Å². The summed E-state index contributed by atoms with van der Waals surface area (Å²) in [7, 11) is 0. The predicted octanol–water partition coefficient (Wildman–Crippen LogP) is 2.61. The Bertz CT molecular complexity index is 460. The van der Waals surface area contributed by atoms with E-state index in [4.69, 9.17) is 0 Å². The van der Waals surface area contributed by atoms with Crippen LogP contribution in [0.25, 0.3) is 0 Å². The van der Waals surface area contributed by atoms with Crippen molar-refractivity contribution in [3.8, 4) is 5.75 Å². The molecule has 0 aromatic heterocycles. The van der Waals surface area contributed by atoms with E-state index in [2.05, 4.69) is 10.1 Å². The third-order valence-corrected chi connectivity index (χ3v) is 2.28. The number of nitrogens with one attached hydrogen (secondary N) is 1. The molecule has 0 saturated heterocycles. The van der Waals surface area contributed by atoms with Crippen LogP contribution in [0.4, 0.5) is 18.9 Å². The molecule has 0 bridgehead atoms. The summed E-state index contributed by atoms with van der Waals surface area (Å²) in [6.45, 7) is 1.45. The van der Waals surface area contributed by atoms with Crippen LogP contribution in [0.3, 0.4) is 0 Å². The van der Waals surface area contributed by atoms with E-state index in [9.17, 15) is 23.1 Å². The van der Waals surface area contributed by atoms with Crippen LogP contribution in [0.15, 0.2) is 18.2 Å². The molecule has 4 nitrogen and oxygen atoms in total. The van der Waals surface area contributed by atoms with Gasteiger partial charge >= 0.3 is 6.18 Å². The predicted molar refractivity (Wildman–Crippen MR) is 62.9 cm³/mol. The molecule has 1 atom stereocenters. The van der Waals surface area contributed by atoms with Crippen molar-refractivity contribution < 1.29 is 27.8 Å². The normalized spacial score (nSPS) is 13.1. The number of phenolic OH excluding ortho intramolecular Hbond substituents is 1. The highest BCUT2D eigenvalue weighted by Crippen LogP contribution is 2.24. The van der Waals surface area contributed by atoms with Crippen LogP contribution in [0, 0.1) is 6.92 Å². The van der Waals surface area contributed by atoms with E-state index in [1.54, 1.807) is 13.0 Å². The number of carbonyl (C=O) groups excluding carboxylic acids is 1. The molecule has 0 spiro atoms. The zero-order valence-corrected chi connectivity index (χ0v) is 10.4. The monoisotopic (exact) mass is 277 g/mol. The molecule has 0 fully saturated rings. The van der Waals surface area contributed by atoms with Crippen molar-refractivity contribution in [1.82, 2.24) is 0 Å². The van der Waals surface area contributed by atoms with Gasteiger partial charge in [-0.3, -0.25) is 4.79 Å². The summed E-state index contributed by atoms with van der Waals surface area (Å²) in [6, 6.07) is 4.52. The molecule has 0 radical (unpaired) electrons. The number of aryl methyl sites for hydroxylation is 1. The van der Waals surface area contributed by atoms with Crippen LogP contribution >= 0.6 is 0 Å². The van der Waals surface area contributed by atoms with Gasteiger partial charge in [-0.15, -0.1) is 0 Å². The summed E-state index contributed by atoms with van der Waals surface area (Å²) < 4.78 is 40.2. The fourth-order valence-corrected chi connectivity index (χ4v) is 1.28. The molecule has 1 aromatic carbocycles. The number of halogens is 3. The number of carbonyl (C=O) groups is 1. The van der Waals surface area contributed by atoms with Crippen molar-refractivity contribution in [1.29, 1.82) is 0 Å². The van der Waals surface area contributed by atoms with Crippen molar-refractivity contribution >= 4 is 11.6 Å². The summed E-state index contributed by atoms with van der Waals surface area (Å²) in [4.78, 5) is 11.6. The number of aromatic hydroxyl groups is 1. The lowest BCUT2D eigenvalue weighted by atomic mass is 10.2. The molecule has 1 rings (SSSR count). The van der Waals surface area contributed by atoms with Gasteiger partial charge in [0.05, 0.1) is 5.69 Å². The average Bonchev–Trinajstić information content (AvgIpc) is 2.29. The van der Waals surface area contributed by atoms with Gasteiger partial charge < -0.3 is 15.2 Å². The Balaban J connectivity index is 2.61. The lowest BCUT2D eigenvalue weighted by Gasteiger charge is -2.15. The Morgan fingerprint density at radius 2 is 2.11 bits per heavy atom. The molecular formula is C12H14F3NO3. The van der Waals surface area contributed by atoms with E-state index >= 15 is 0 Å². The molecule has 7 heteroatoms. The number of anilines is 1. The van der Waals surface area contributed by atoms with Crippen LogP contribution in [0.5, 0.6) is 5.75 Å². The molecule has 0 saturated carbocycles. The van der Waals surface area contributed by atoms with E-state index in [1.165, 1.54) is 19.1 Å². The minimum atomic E-state index is -4.49. The molecule has 0 aliphatic carbocycles. The maximum absolute atomic E-state index is 11.9. The minimum Gasteiger partial charge on any atom is -0.506 e. The zero-order chi connectivity index (χ0) is 14.6. The van der Waals surface area contributed by atoms with Crippen molar-refractivity contribution in [2.45, 2.75) is 26.1 Å². The van der Waals surface area contributed by atoms with Crippen LogP contribution in [0.2, 0.25) is 0 Å². The highest BCUT2D eigenvalue weighted by atomic mass is 19.4. The first-order valence-corrected chi connectivity index (χ1v) is 5.48. The number of ether oxygens (including phenoxy) is 1. The molecule has 0 heterocycles. The van der Waals surface area contributed by atoms with Crippen LogP contribution < -0.4 is 5.32 Å². The van der Waals surface area contributed by atoms with E-state index in [-0.39, 0.29) is 11.4 Å². The smallest absolute Gasteiger partial charge is 0.411 e. The Morgan fingerprint density at radius 1 is 1.47 bits per heavy atom. The molecule has 106 valence electrons. The lowest BCUT2D eigenvalue weighted by Crippen LogP contribution is -2.31. The first kappa shape index (κ1) is 15.3. The van der Waals surface area contributed by atoms with Crippen molar-refractivity contribution in [3.63, 3.8) is 0 Å². The van der Waals surface area contributed by atoms with Gasteiger partial charge in [0.1, 0.15) is 18.5 Å². The van der Waals surface area contributed by atoms with E-state index in [0.717, 1.165) is 5.56 Å². The number of benzene rings is 1. The number of alkyl halides is 3. The molecule has 0 aliphatic heterocycles. The Morgan fingerprint density at radius 3 is 2.68 bits per heavy atom.